The van der Waals surface area contributed by atoms with Gasteiger partial charge >= 0.3 is 0 Å². The molecule has 0 saturated heterocycles. The summed E-state index contributed by atoms with van der Waals surface area (Å²) in [7, 11) is 0. The molecule has 0 fully saturated rings. The number of fused-ring (bicyclic) bond motifs is 1. The molecule has 0 spiro atoms. The van der Waals surface area contributed by atoms with Crippen molar-refractivity contribution in [1.82, 2.24) is 5.32 Å². The summed E-state index contributed by atoms with van der Waals surface area (Å²) in [6.07, 6.45) is 4.57. The van der Waals surface area contributed by atoms with E-state index >= 15 is 0 Å². The van der Waals surface area contributed by atoms with Gasteiger partial charge in [-0.2, -0.15) is 0 Å². The second-order valence-electron chi connectivity index (χ2n) is 4.75. The Kier molecular flexibility index (Phi) is 4.41. The van der Waals surface area contributed by atoms with Crippen molar-refractivity contribution < 1.29 is 9.90 Å². The molecule has 3 heteroatoms. The zero-order valence-corrected chi connectivity index (χ0v) is 11.8. The molecule has 0 atom stereocenters. The number of carbonyl (C=O) groups is 1. The van der Waals surface area contributed by atoms with Gasteiger partial charge in [-0.25, -0.2) is 0 Å². The lowest BCUT2D eigenvalue weighted by Crippen LogP contribution is -2.22. The molecule has 1 amide bonds. The molecule has 0 saturated carbocycles. The summed E-state index contributed by atoms with van der Waals surface area (Å²) in [5.74, 6) is 0.254. The van der Waals surface area contributed by atoms with Crippen LogP contribution in [-0.2, 0) is 11.2 Å². The van der Waals surface area contributed by atoms with Gasteiger partial charge in [0.2, 0.25) is 5.91 Å². The van der Waals surface area contributed by atoms with E-state index in [1.54, 1.807) is 6.07 Å². The smallest absolute Gasteiger partial charge is 0.216 e. The zero-order valence-electron chi connectivity index (χ0n) is 11.8. The molecule has 0 heterocycles. The minimum absolute atomic E-state index is 0.0261. The normalized spacial score (nSPS) is 11.1. The topological polar surface area (TPSA) is 49.3 Å². The first-order chi connectivity index (χ1) is 9.63. The number of phenolic OH excluding ortho intramolecular Hbond substituents is 1. The van der Waals surface area contributed by atoms with Crippen LogP contribution in [0.4, 0.5) is 0 Å². The third kappa shape index (κ3) is 2.99. The average molecular weight is 269 g/mol. The molecular weight excluding hydrogens is 250 g/mol. The number of hydrogen-bond acceptors (Lipinski definition) is 2. The summed E-state index contributed by atoms with van der Waals surface area (Å²) in [5, 5.41) is 15.0. The highest BCUT2D eigenvalue weighted by molar-refractivity contribution is 5.95. The maximum absolute atomic E-state index is 11.0. The summed E-state index contributed by atoms with van der Waals surface area (Å²) >= 11 is 0. The van der Waals surface area contributed by atoms with E-state index in [0.717, 1.165) is 28.3 Å². The van der Waals surface area contributed by atoms with Crippen molar-refractivity contribution in [2.45, 2.75) is 20.3 Å². The first kappa shape index (κ1) is 14.1. The van der Waals surface area contributed by atoms with Crippen LogP contribution in [0.25, 0.3) is 16.8 Å². The van der Waals surface area contributed by atoms with Gasteiger partial charge in [0.25, 0.3) is 0 Å². The minimum Gasteiger partial charge on any atom is -0.507 e. The van der Waals surface area contributed by atoms with Crippen molar-refractivity contribution in [3.8, 4) is 5.75 Å². The average Bonchev–Trinajstić information content (AvgIpc) is 2.42. The Bertz CT molecular complexity index is 659. The molecule has 0 aromatic heterocycles. The largest absolute Gasteiger partial charge is 0.507 e. The van der Waals surface area contributed by atoms with E-state index in [-0.39, 0.29) is 11.7 Å². The van der Waals surface area contributed by atoms with Crippen LogP contribution in [0.1, 0.15) is 25.0 Å². The molecule has 104 valence electrons. The van der Waals surface area contributed by atoms with Gasteiger partial charge in [-0.15, -0.1) is 0 Å². The maximum Gasteiger partial charge on any atom is 0.216 e. The first-order valence-electron chi connectivity index (χ1n) is 6.74. The molecule has 0 aliphatic carbocycles. The molecule has 2 aromatic rings. The molecule has 3 nitrogen and oxygen atoms in total. The van der Waals surface area contributed by atoms with Crippen LogP contribution in [0.2, 0.25) is 0 Å². The number of aromatic hydroxyl groups is 1. The van der Waals surface area contributed by atoms with Crippen LogP contribution in [0, 0.1) is 0 Å². The van der Waals surface area contributed by atoms with Crippen LogP contribution >= 0.6 is 0 Å². The zero-order chi connectivity index (χ0) is 14.5. The van der Waals surface area contributed by atoms with E-state index < -0.39 is 0 Å². The molecule has 0 bridgehead atoms. The van der Waals surface area contributed by atoms with Gasteiger partial charge in [0.05, 0.1) is 0 Å². The Morgan fingerprint density at radius 2 is 2.10 bits per heavy atom. The van der Waals surface area contributed by atoms with E-state index in [0.29, 0.717) is 6.54 Å². The van der Waals surface area contributed by atoms with Crippen molar-refractivity contribution in [2.75, 3.05) is 6.54 Å². The van der Waals surface area contributed by atoms with Crippen LogP contribution in [0.5, 0.6) is 5.75 Å². The van der Waals surface area contributed by atoms with Gasteiger partial charge in [0.15, 0.2) is 0 Å². The van der Waals surface area contributed by atoms with E-state index in [4.69, 9.17) is 0 Å². The molecule has 2 aromatic carbocycles. The fraction of sp³-hybridized carbons (Fsp3) is 0.235. The highest BCUT2D eigenvalue weighted by atomic mass is 16.3. The number of nitrogens with one attached hydrogen (secondary N) is 1. The second-order valence-corrected chi connectivity index (χ2v) is 4.75. The Morgan fingerprint density at radius 1 is 1.30 bits per heavy atom. The van der Waals surface area contributed by atoms with E-state index in [2.05, 4.69) is 5.32 Å². The van der Waals surface area contributed by atoms with E-state index in [9.17, 15) is 9.90 Å². The van der Waals surface area contributed by atoms with Gasteiger partial charge in [-0.05, 0) is 35.7 Å². The van der Waals surface area contributed by atoms with E-state index in [1.807, 2.05) is 43.3 Å². The molecule has 0 radical (unpaired) electrons. The summed E-state index contributed by atoms with van der Waals surface area (Å²) in [5.41, 5.74) is 1.96. The molecule has 2 rings (SSSR count). The van der Waals surface area contributed by atoms with Gasteiger partial charge in [-0.1, -0.05) is 36.4 Å². The quantitative estimate of drug-likeness (QED) is 0.895. The molecular formula is C17H19NO2. The maximum atomic E-state index is 11.0. The number of carbonyl (C=O) groups excluding carboxylic acids is 1. The van der Waals surface area contributed by atoms with E-state index in [1.165, 1.54) is 6.92 Å². The Hall–Kier alpha value is -2.29. The lowest BCUT2D eigenvalue weighted by Gasteiger charge is -2.11. The predicted octanol–water partition coefficient (Wildman–Crippen LogP) is 3.26. The fourth-order valence-electron chi connectivity index (χ4n) is 2.39. The first-order valence-corrected chi connectivity index (χ1v) is 6.74. The predicted molar refractivity (Wildman–Crippen MR) is 82.7 cm³/mol. The third-order valence-electron chi connectivity index (χ3n) is 3.25. The standard InChI is InChI=1S/C17H19NO2/c1-3-5-15-16(20)9-8-13-6-4-7-14(17(13)15)10-11-18-12(2)19/h3-9,20H,10-11H2,1-2H3,(H,18,19). The number of rotatable bonds is 4. The number of hydrogen-bond donors (Lipinski definition) is 2. The lowest BCUT2D eigenvalue weighted by molar-refractivity contribution is -0.118. The Labute approximate surface area is 118 Å². The lowest BCUT2D eigenvalue weighted by atomic mass is 9.96. The van der Waals surface area contributed by atoms with Gasteiger partial charge in [0.1, 0.15) is 5.75 Å². The van der Waals surface area contributed by atoms with Gasteiger partial charge < -0.3 is 10.4 Å². The number of amides is 1. The Balaban J connectivity index is 2.48. The highest BCUT2D eigenvalue weighted by Gasteiger charge is 2.08. The monoisotopic (exact) mass is 269 g/mol. The van der Waals surface area contributed by atoms with Crippen molar-refractivity contribution >= 4 is 22.8 Å². The van der Waals surface area contributed by atoms with Crippen molar-refractivity contribution in [1.29, 1.82) is 0 Å². The highest BCUT2D eigenvalue weighted by Crippen LogP contribution is 2.31. The summed E-state index contributed by atoms with van der Waals surface area (Å²) in [6, 6.07) is 9.71. The van der Waals surface area contributed by atoms with Crippen LogP contribution < -0.4 is 5.32 Å². The summed E-state index contributed by atoms with van der Waals surface area (Å²) in [4.78, 5) is 11.0. The minimum atomic E-state index is -0.0261. The SMILES string of the molecule is CC=Cc1c(O)ccc2cccc(CCNC(C)=O)c12. The summed E-state index contributed by atoms with van der Waals surface area (Å²) in [6.45, 7) is 4.04. The van der Waals surface area contributed by atoms with Crippen molar-refractivity contribution in [3.63, 3.8) is 0 Å². The molecule has 0 aliphatic heterocycles. The van der Waals surface area contributed by atoms with Crippen LogP contribution in [-0.4, -0.2) is 17.6 Å². The number of phenols is 1. The van der Waals surface area contributed by atoms with Crippen LogP contribution in [0.15, 0.2) is 36.4 Å². The number of allylic oxidation sites excluding steroid dienone is 1. The fourth-order valence-corrected chi connectivity index (χ4v) is 2.39. The third-order valence-corrected chi connectivity index (χ3v) is 3.25. The van der Waals surface area contributed by atoms with Gasteiger partial charge in [-0.3, -0.25) is 4.79 Å². The van der Waals surface area contributed by atoms with Gasteiger partial charge in [0, 0.05) is 19.0 Å². The molecule has 20 heavy (non-hydrogen) atoms. The molecule has 2 N–H and O–H groups in total. The van der Waals surface area contributed by atoms with Crippen LogP contribution in [0.3, 0.4) is 0 Å². The van der Waals surface area contributed by atoms with Crippen molar-refractivity contribution in [3.05, 3.63) is 47.5 Å². The van der Waals surface area contributed by atoms with Crippen molar-refractivity contribution in [2.24, 2.45) is 0 Å². The number of benzene rings is 2. The summed E-state index contributed by atoms with van der Waals surface area (Å²) < 4.78 is 0. The molecule has 0 aliphatic rings. The molecule has 0 unspecified atom stereocenters. The second kappa shape index (κ2) is 6.24. The Morgan fingerprint density at radius 3 is 2.80 bits per heavy atom.